The molecular weight excluding hydrogens is 130 g/mol. The zero-order chi connectivity index (χ0) is 7.40. The van der Waals surface area contributed by atoms with Crippen LogP contribution < -0.4 is 11.2 Å². The van der Waals surface area contributed by atoms with Crippen LogP contribution in [0.2, 0.25) is 0 Å². The van der Waals surface area contributed by atoms with Gasteiger partial charge in [0.1, 0.15) is 0 Å². The van der Waals surface area contributed by atoms with Crippen LogP contribution in [0.1, 0.15) is 25.7 Å². The molecule has 10 heavy (non-hydrogen) atoms. The van der Waals surface area contributed by atoms with Crippen molar-refractivity contribution in [3.63, 3.8) is 0 Å². The molecule has 1 aliphatic rings. The molecule has 0 radical (unpaired) electrons. The van der Waals surface area contributed by atoms with Crippen molar-refractivity contribution in [2.45, 2.75) is 37.8 Å². The fourth-order valence-electron chi connectivity index (χ4n) is 1.32. The van der Waals surface area contributed by atoms with E-state index in [-0.39, 0.29) is 6.04 Å². The van der Waals surface area contributed by atoms with Crippen molar-refractivity contribution < 1.29 is 0 Å². The SMILES string of the molecule is NC1CCC(NN=O)CC1. The van der Waals surface area contributed by atoms with Gasteiger partial charge < -0.3 is 5.73 Å². The summed E-state index contributed by atoms with van der Waals surface area (Å²) >= 11 is 0. The predicted molar refractivity (Wildman–Crippen MR) is 39.2 cm³/mol. The summed E-state index contributed by atoms with van der Waals surface area (Å²) in [7, 11) is 0. The molecule has 0 bridgehead atoms. The molecule has 4 nitrogen and oxygen atoms in total. The van der Waals surface area contributed by atoms with Gasteiger partial charge in [0.15, 0.2) is 0 Å². The third-order valence-electron chi connectivity index (χ3n) is 2.01. The van der Waals surface area contributed by atoms with Crippen molar-refractivity contribution in [3.05, 3.63) is 4.91 Å². The third-order valence-corrected chi connectivity index (χ3v) is 2.01. The van der Waals surface area contributed by atoms with Crippen LogP contribution in [-0.4, -0.2) is 12.1 Å². The summed E-state index contributed by atoms with van der Waals surface area (Å²) in [6, 6.07) is 0.613. The summed E-state index contributed by atoms with van der Waals surface area (Å²) in [5.41, 5.74) is 8.18. The Morgan fingerprint density at radius 2 is 1.90 bits per heavy atom. The Balaban J connectivity index is 2.19. The van der Waals surface area contributed by atoms with Crippen molar-refractivity contribution >= 4 is 0 Å². The molecule has 0 atom stereocenters. The van der Waals surface area contributed by atoms with Crippen LogP contribution >= 0.6 is 0 Å². The van der Waals surface area contributed by atoms with E-state index in [1.54, 1.807) is 0 Å². The number of nitrogens with one attached hydrogen (secondary N) is 1. The zero-order valence-corrected chi connectivity index (χ0v) is 5.92. The molecule has 0 aromatic carbocycles. The molecule has 0 unspecified atom stereocenters. The molecule has 0 aromatic rings. The minimum absolute atomic E-state index is 0.275. The number of hydrogen-bond acceptors (Lipinski definition) is 3. The van der Waals surface area contributed by atoms with Gasteiger partial charge in [-0.2, -0.15) is 0 Å². The Morgan fingerprint density at radius 1 is 1.30 bits per heavy atom. The molecule has 0 aliphatic heterocycles. The fourth-order valence-corrected chi connectivity index (χ4v) is 1.32. The average Bonchev–Trinajstić information content (AvgIpc) is 1.95. The first-order valence-corrected chi connectivity index (χ1v) is 3.66. The van der Waals surface area contributed by atoms with Gasteiger partial charge in [-0.1, -0.05) is 0 Å². The fraction of sp³-hybridized carbons (Fsp3) is 1.00. The van der Waals surface area contributed by atoms with Crippen molar-refractivity contribution in [1.29, 1.82) is 0 Å². The molecule has 58 valence electrons. The Hall–Kier alpha value is -0.640. The third kappa shape index (κ3) is 1.95. The number of rotatable bonds is 2. The number of nitrogens with zero attached hydrogens (tertiary/aromatic N) is 1. The summed E-state index contributed by atoms with van der Waals surface area (Å²) in [6.45, 7) is 0. The van der Waals surface area contributed by atoms with Crippen molar-refractivity contribution in [3.8, 4) is 0 Å². The van der Waals surface area contributed by atoms with Crippen LogP contribution in [0, 0.1) is 4.91 Å². The predicted octanol–water partition coefficient (Wildman–Crippen LogP) is 0.527. The highest BCUT2D eigenvalue weighted by Crippen LogP contribution is 2.16. The largest absolute Gasteiger partial charge is 0.328 e. The zero-order valence-electron chi connectivity index (χ0n) is 5.92. The van der Waals surface area contributed by atoms with Gasteiger partial charge in [-0.05, 0) is 25.7 Å². The second-order valence-corrected chi connectivity index (χ2v) is 2.83. The Kier molecular flexibility index (Phi) is 2.62. The van der Waals surface area contributed by atoms with Crippen molar-refractivity contribution in [1.82, 2.24) is 5.43 Å². The monoisotopic (exact) mass is 143 g/mol. The van der Waals surface area contributed by atoms with Gasteiger partial charge in [0, 0.05) is 17.4 Å². The Bertz CT molecular complexity index is 110. The van der Waals surface area contributed by atoms with Crippen LogP contribution in [0.25, 0.3) is 0 Å². The van der Waals surface area contributed by atoms with Gasteiger partial charge in [0.05, 0.1) is 0 Å². The number of nitrogens with two attached hydrogens (primary N) is 1. The van der Waals surface area contributed by atoms with Crippen molar-refractivity contribution in [2.24, 2.45) is 11.0 Å². The summed E-state index contributed by atoms with van der Waals surface area (Å²) in [5, 5.41) is 2.64. The molecule has 1 aliphatic carbocycles. The molecule has 0 spiro atoms. The van der Waals surface area contributed by atoms with E-state index in [9.17, 15) is 4.91 Å². The lowest BCUT2D eigenvalue weighted by Gasteiger charge is -2.24. The van der Waals surface area contributed by atoms with Gasteiger partial charge in [0.2, 0.25) is 0 Å². The summed E-state index contributed by atoms with van der Waals surface area (Å²) in [4.78, 5) is 9.76. The van der Waals surface area contributed by atoms with Gasteiger partial charge in [-0.3, -0.25) is 5.43 Å². The molecule has 4 heteroatoms. The molecule has 1 rings (SSSR count). The smallest absolute Gasteiger partial charge is 0.0499 e. The lowest BCUT2D eigenvalue weighted by molar-refractivity contribution is 0.347. The highest BCUT2D eigenvalue weighted by molar-refractivity contribution is 4.77. The lowest BCUT2D eigenvalue weighted by atomic mass is 9.92. The van der Waals surface area contributed by atoms with Gasteiger partial charge in [-0.15, -0.1) is 4.91 Å². The van der Waals surface area contributed by atoms with E-state index in [4.69, 9.17) is 5.73 Å². The minimum atomic E-state index is 0.275. The standard InChI is InChI=1S/C6H13N3O/c7-5-1-3-6(4-2-5)8-9-10/h5-6H,1-4,7H2,(H,8,10). The van der Waals surface area contributed by atoms with Crippen LogP contribution in [0.5, 0.6) is 0 Å². The second-order valence-electron chi connectivity index (χ2n) is 2.83. The van der Waals surface area contributed by atoms with E-state index in [1.165, 1.54) is 0 Å². The Labute approximate surface area is 60.1 Å². The maximum atomic E-state index is 9.76. The van der Waals surface area contributed by atoms with E-state index >= 15 is 0 Å². The van der Waals surface area contributed by atoms with E-state index in [0.29, 0.717) is 6.04 Å². The van der Waals surface area contributed by atoms with Crippen LogP contribution in [-0.2, 0) is 0 Å². The van der Waals surface area contributed by atoms with Crippen LogP contribution in [0.15, 0.2) is 5.29 Å². The second kappa shape index (κ2) is 3.51. The van der Waals surface area contributed by atoms with E-state index in [2.05, 4.69) is 10.7 Å². The van der Waals surface area contributed by atoms with Gasteiger partial charge in [-0.25, -0.2) is 0 Å². The molecule has 1 saturated carbocycles. The lowest BCUT2D eigenvalue weighted by Crippen LogP contribution is -2.34. The number of nitroso groups, excluding NO2 is 1. The summed E-state index contributed by atoms with van der Waals surface area (Å²) < 4.78 is 0. The molecular formula is C6H13N3O. The van der Waals surface area contributed by atoms with E-state index in [1.807, 2.05) is 0 Å². The van der Waals surface area contributed by atoms with Crippen LogP contribution in [0.3, 0.4) is 0 Å². The summed E-state index contributed by atoms with van der Waals surface area (Å²) in [5.74, 6) is 0. The summed E-state index contributed by atoms with van der Waals surface area (Å²) in [6.07, 6.45) is 3.97. The maximum Gasteiger partial charge on any atom is 0.0499 e. The highest BCUT2D eigenvalue weighted by atomic mass is 16.3. The molecule has 0 heterocycles. The average molecular weight is 143 g/mol. The maximum absolute atomic E-state index is 9.76. The van der Waals surface area contributed by atoms with Crippen LogP contribution in [0.4, 0.5) is 0 Å². The van der Waals surface area contributed by atoms with Crippen molar-refractivity contribution in [2.75, 3.05) is 0 Å². The molecule has 0 saturated heterocycles. The molecule has 1 fully saturated rings. The highest BCUT2D eigenvalue weighted by Gasteiger charge is 2.17. The minimum Gasteiger partial charge on any atom is -0.328 e. The first-order chi connectivity index (χ1) is 4.83. The van der Waals surface area contributed by atoms with E-state index in [0.717, 1.165) is 25.7 Å². The molecule has 3 N–H and O–H groups in total. The number of hydrogen-bond donors (Lipinski definition) is 2. The van der Waals surface area contributed by atoms with Gasteiger partial charge in [0.25, 0.3) is 0 Å². The van der Waals surface area contributed by atoms with Gasteiger partial charge >= 0.3 is 0 Å². The first-order valence-electron chi connectivity index (χ1n) is 3.66. The topological polar surface area (TPSA) is 67.5 Å². The quantitative estimate of drug-likeness (QED) is 0.437. The molecule has 0 amide bonds. The normalized spacial score (nSPS) is 33.3. The molecule has 0 aromatic heterocycles. The first kappa shape index (κ1) is 7.47. The Morgan fingerprint density at radius 3 is 2.40 bits per heavy atom. The van der Waals surface area contributed by atoms with E-state index < -0.39 is 0 Å².